The lowest BCUT2D eigenvalue weighted by molar-refractivity contribution is 0.189. The number of rotatable bonds is 3. The standard InChI is InChI=1S/C7H16FN3/c1-7(8)2-4-11(6-7)5-3-10-9/h10H,2-6,9H2,1H3. The predicted molar refractivity (Wildman–Crippen MR) is 42.8 cm³/mol. The van der Waals surface area contributed by atoms with Crippen LogP contribution in [0, 0.1) is 0 Å². The number of nitrogens with two attached hydrogens (primary N) is 1. The summed E-state index contributed by atoms with van der Waals surface area (Å²) in [6.45, 7) is 4.64. The van der Waals surface area contributed by atoms with Gasteiger partial charge in [0.25, 0.3) is 0 Å². The monoisotopic (exact) mass is 161 g/mol. The normalized spacial score (nSPS) is 33.0. The molecule has 0 saturated carbocycles. The van der Waals surface area contributed by atoms with E-state index in [1.54, 1.807) is 6.92 Å². The molecule has 0 radical (unpaired) electrons. The lowest BCUT2D eigenvalue weighted by Gasteiger charge is -2.16. The highest BCUT2D eigenvalue weighted by Crippen LogP contribution is 2.23. The maximum absolute atomic E-state index is 13.2. The van der Waals surface area contributed by atoms with E-state index >= 15 is 0 Å². The van der Waals surface area contributed by atoms with Gasteiger partial charge in [0.15, 0.2) is 0 Å². The van der Waals surface area contributed by atoms with Crippen molar-refractivity contribution in [1.29, 1.82) is 0 Å². The highest BCUT2D eigenvalue weighted by atomic mass is 19.1. The summed E-state index contributed by atoms with van der Waals surface area (Å²) >= 11 is 0. The van der Waals surface area contributed by atoms with Gasteiger partial charge < -0.3 is 0 Å². The third kappa shape index (κ3) is 2.73. The number of nitrogens with zero attached hydrogens (tertiary/aromatic N) is 1. The fraction of sp³-hybridized carbons (Fsp3) is 1.00. The zero-order valence-electron chi connectivity index (χ0n) is 6.94. The van der Waals surface area contributed by atoms with Crippen molar-refractivity contribution in [3.05, 3.63) is 0 Å². The van der Waals surface area contributed by atoms with Crippen molar-refractivity contribution in [2.45, 2.75) is 19.0 Å². The van der Waals surface area contributed by atoms with Crippen molar-refractivity contribution >= 4 is 0 Å². The van der Waals surface area contributed by atoms with Gasteiger partial charge in [0.1, 0.15) is 5.67 Å². The predicted octanol–water partition coefficient (Wildman–Crippen LogP) is -0.116. The first-order chi connectivity index (χ1) is 5.14. The van der Waals surface area contributed by atoms with Crippen LogP contribution in [0.15, 0.2) is 0 Å². The summed E-state index contributed by atoms with van der Waals surface area (Å²) in [5, 5.41) is 0. The van der Waals surface area contributed by atoms with Gasteiger partial charge in [0, 0.05) is 26.2 Å². The first-order valence-corrected chi connectivity index (χ1v) is 3.99. The summed E-state index contributed by atoms with van der Waals surface area (Å²) in [6.07, 6.45) is 0.650. The Labute approximate surface area is 66.7 Å². The third-order valence-electron chi connectivity index (χ3n) is 2.07. The Morgan fingerprint density at radius 3 is 2.91 bits per heavy atom. The topological polar surface area (TPSA) is 41.3 Å². The van der Waals surface area contributed by atoms with Crippen LogP contribution in [0.4, 0.5) is 4.39 Å². The molecule has 66 valence electrons. The molecule has 1 rings (SSSR count). The minimum Gasteiger partial charge on any atom is -0.299 e. The van der Waals surface area contributed by atoms with Crippen molar-refractivity contribution < 1.29 is 4.39 Å². The van der Waals surface area contributed by atoms with Crippen molar-refractivity contribution in [2.75, 3.05) is 26.2 Å². The van der Waals surface area contributed by atoms with Crippen LogP contribution in [0.5, 0.6) is 0 Å². The second-order valence-corrected chi connectivity index (χ2v) is 3.39. The van der Waals surface area contributed by atoms with Crippen LogP contribution >= 0.6 is 0 Å². The van der Waals surface area contributed by atoms with Gasteiger partial charge in [0.05, 0.1) is 0 Å². The Bertz CT molecular complexity index is 127. The lowest BCUT2D eigenvalue weighted by Crippen LogP contribution is -2.35. The van der Waals surface area contributed by atoms with Gasteiger partial charge in [-0.05, 0) is 13.3 Å². The molecule has 1 unspecified atom stereocenters. The zero-order valence-corrected chi connectivity index (χ0v) is 6.94. The fourth-order valence-corrected chi connectivity index (χ4v) is 1.43. The third-order valence-corrected chi connectivity index (χ3v) is 2.07. The number of likely N-dealkylation sites (tertiary alicyclic amines) is 1. The van der Waals surface area contributed by atoms with E-state index in [2.05, 4.69) is 10.3 Å². The zero-order chi connectivity index (χ0) is 8.32. The second-order valence-electron chi connectivity index (χ2n) is 3.39. The van der Waals surface area contributed by atoms with Crippen LogP contribution in [0.1, 0.15) is 13.3 Å². The summed E-state index contributed by atoms with van der Waals surface area (Å²) in [5.74, 6) is 5.10. The van der Waals surface area contributed by atoms with Crippen molar-refractivity contribution in [3.8, 4) is 0 Å². The van der Waals surface area contributed by atoms with Crippen LogP contribution in [0.25, 0.3) is 0 Å². The molecule has 1 aliphatic heterocycles. The lowest BCUT2D eigenvalue weighted by atomic mass is 10.1. The summed E-state index contributed by atoms with van der Waals surface area (Å²) in [6, 6.07) is 0. The number of hydrazine groups is 1. The van der Waals surface area contributed by atoms with Gasteiger partial charge in [-0.15, -0.1) is 0 Å². The molecule has 3 nitrogen and oxygen atoms in total. The molecule has 0 amide bonds. The maximum atomic E-state index is 13.2. The Kier molecular flexibility index (Phi) is 2.81. The first-order valence-electron chi connectivity index (χ1n) is 3.99. The van der Waals surface area contributed by atoms with E-state index in [0.717, 1.165) is 19.6 Å². The summed E-state index contributed by atoms with van der Waals surface area (Å²) in [4.78, 5) is 2.08. The van der Waals surface area contributed by atoms with Crippen molar-refractivity contribution in [3.63, 3.8) is 0 Å². The second kappa shape index (κ2) is 3.47. The summed E-state index contributed by atoms with van der Waals surface area (Å²) in [5.41, 5.74) is 1.58. The maximum Gasteiger partial charge on any atom is 0.122 e. The average molecular weight is 161 g/mol. The molecule has 1 aliphatic rings. The molecule has 1 heterocycles. The molecule has 1 atom stereocenters. The quantitative estimate of drug-likeness (QED) is 0.448. The van der Waals surface area contributed by atoms with Crippen LogP contribution in [-0.2, 0) is 0 Å². The number of halogens is 1. The Hall–Kier alpha value is -0.190. The van der Waals surface area contributed by atoms with E-state index in [1.165, 1.54) is 0 Å². The van der Waals surface area contributed by atoms with Gasteiger partial charge in [-0.1, -0.05) is 0 Å². The molecule has 0 aromatic carbocycles. The summed E-state index contributed by atoms with van der Waals surface area (Å²) < 4.78 is 13.2. The molecule has 1 saturated heterocycles. The van der Waals surface area contributed by atoms with E-state index in [4.69, 9.17) is 5.84 Å². The minimum atomic E-state index is -0.978. The van der Waals surface area contributed by atoms with Crippen LogP contribution in [0.2, 0.25) is 0 Å². The van der Waals surface area contributed by atoms with Crippen LogP contribution < -0.4 is 11.3 Å². The Morgan fingerprint density at radius 1 is 1.73 bits per heavy atom. The first kappa shape index (κ1) is 8.90. The number of alkyl halides is 1. The molecule has 4 heteroatoms. The van der Waals surface area contributed by atoms with Gasteiger partial charge in [-0.3, -0.25) is 16.2 Å². The van der Waals surface area contributed by atoms with Gasteiger partial charge in [-0.2, -0.15) is 0 Å². The molecule has 1 fully saturated rings. The molecule has 0 aliphatic carbocycles. The van der Waals surface area contributed by atoms with E-state index < -0.39 is 5.67 Å². The Morgan fingerprint density at radius 2 is 2.45 bits per heavy atom. The molecule has 0 spiro atoms. The van der Waals surface area contributed by atoms with Crippen molar-refractivity contribution in [1.82, 2.24) is 10.3 Å². The van der Waals surface area contributed by atoms with E-state index in [1.807, 2.05) is 0 Å². The SMILES string of the molecule is CC1(F)CCN(CCNN)C1. The molecule has 0 bridgehead atoms. The highest BCUT2D eigenvalue weighted by Gasteiger charge is 2.32. The molecular weight excluding hydrogens is 145 g/mol. The number of hydrogen-bond acceptors (Lipinski definition) is 3. The molecule has 0 aromatic rings. The largest absolute Gasteiger partial charge is 0.299 e. The molecule has 3 N–H and O–H groups in total. The molecule has 11 heavy (non-hydrogen) atoms. The average Bonchev–Trinajstić information content (AvgIpc) is 2.26. The summed E-state index contributed by atoms with van der Waals surface area (Å²) in [7, 11) is 0. The molecule has 0 aromatic heterocycles. The van der Waals surface area contributed by atoms with Gasteiger partial charge in [-0.25, -0.2) is 4.39 Å². The van der Waals surface area contributed by atoms with E-state index in [-0.39, 0.29) is 0 Å². The minimum absolute atomic E-state index is 0.550. The Balaban J connectivity index is 2.20. The number of nitrogens with one attached hydrogen (secondary N) is 1. The van der Waals surface area contributed by atoms with E-state index in [9.17, 15) is 4.39 Å². The molecular formula is C7H16FN3. The van der Waals surface area contributed by atoms with Crippen LogP contribution in [-0.4, -0.2) is 36.7 Å². The van der Waals surface area contributed by atoms with E-state index in [0.29, 0.717) is 13.0 Å². The van der Waals surface area contributed by atoms with Crippen LogP contribution in [0.3, 0.4) is 0 Å². The fourth-order valence-electron chi connectivity index (χ4n) is 1.43. The van der Waals surface area contributed by atoms with Crippen molar-refractivity contribution in [2.24, 2.45) is 5.84 Å². The smallest absolute Gasteiger partial charge is 0.122 e. The highest BCUT2D eigenvalue weighted by molar-refractivity contribution is 4.86. The van der Waals surface area contributed by atoms with Gasteiger partial charge in [0.2, 0.25) is 0 Å². The number of hydrogen-bond donors (Lipinski definition) is 2. The van der Waals surface area contributed by atoms with Gasteiger partial charge >= 0.3 is 0 Å².